The molecular formula is C13H12Cl2N4O. The quantitative estimate of drug-likeness (QED) is 0.912. The van der Waals surface area contributed by atoms with Crippen LogP contribution in [-0.2, 0) is 0 Å². The minimum Gasteiger partial charge on any atom is -0.372 e. The number of nitrogens with one attached hydrogen (secondary N) is 2. The molecule has 5 nitrogen and oxygen atoms in total. The maximum absolute atomic E-state index is 12.1. The SMILES string of the molecule is CNc1cnc(C(=O)Nc2c(Cl)ccc(C)c2Cl)cn1. The molecule has 1 heterocycles. The monoisotopic (exact) mass is 310 g/mol. The summed E-state index contributed by atoms with van der Waals surface area (Å²) in [6.45, 7) is 1.83. The highest BCUT2D eigenvalue weighted by Crippen LogP contribution is 2.33. The Morgan fingerprint density at radius 2 is 1.95 bits per heavy atom. The first-order chi connectivity index (χ1) is 9.52. The Hall–Kier alpha value is -1.85. The molecule has 0 bridgehead atoms. The van der Waals surface area contributed by atoms with E-state index in [0.717, 1.165) is 5.56 Å². The number of carbonyl (C=O) groups is 1. The molecule has 20 heavy (non-hydrogen) atoms. The molecule has 104 valence electrons. The van der Waals surface area contributed by atoms with E-state index in [1.165, 1.54) is 12.4 Å². The van der Waals surface area contributed by atoms with E-state index in [0.29, 0.717) is 21.6 Å². The van der Waals surface area contributed by atoms with Crippen molar-refractivity contribution in [2.45, 2.75) is 6.92 Å². The number of halogens is 2. The van der Waals surface area contributed by atoms with Crippen LogP contribution in [0.3, 0.4) is 0 Å². The maximum Gasteiger partial charge on any atom is 0.275 e. The fourth-order valence-corrected chi connectivity index (χ4v) is 1.99. The molecule has 7 heteroatoms. The van der Waals surface area contributed by atoms with Gasteiger partial charge in [-0.1, -0.05) is 29.3 Å². The van der Waals surface area contributed by atoms with Gasteiger partial charge in [0.05, 0.1) is 28.1 Å². The van der Waals surface area contributed by atoms with Crippen molar-refractivity contribution in [2.24, 2.45) is 0 Å². The molecule has 1 aromatic carbocycles. The van der Waals surface area contributed by atoms with E-state index >= 15 is 0 Å². The summed E-state index contributed by atoms with van der Waals surface area (Å²) in [7, 11) is 1.72. The summed E-state index contributed by atoms with van der Waals surface area (Å²) in [5.41, 5.74) is 1.37. The number of amides is 1. The number of hydrogen-bond donors (Lipinski definition) is 2. The van der Waals surface area contributed by atoms with E-state index in [9.17, 15) is 4.79 Å². The number of nitrogens with zero attached hydrogens (tertiary/aromatic N) is 2. The summed E-state index contributed by atoms with van der Waals surface area (Å²) in [6, 6.07) is 3.45. The normalized spacial score (nSPS) is 10.2. The fraction of sp³-hybridized carbons (Fsp3) is 0.154. The lowest BCUT2D eigenvalue weighted by Crippen LogP contribution is -2.15. The second-order valence-electron chi connectivity index (χ2n) is 4.04. The van der Waals surface area contributed by atoms with Crippen LogP contribution >= 0.6 is 23.2 Å². The van der Waals surface area contributed by atoms with Gasteiger partial charge in [0, 0.05) is 7.05 Å². The van der Waals surface area contributed by atoms with Gasteiger partial charge in [-0.15, -0.1) is 0 Å². The Balaban J connectivity index is 2.25. The first kappa shape index (κ1) is 14.6. The van der Waals surface area contributed by atoms with Crippen molar-refractivity contribution in [2.75, 3.05) is 17.7 Å². The van der Waals surface area contributed by atoms with E-state index in [1.54, 1.807) is 19.2 Å². The molecule has 0 atom stereocenters. The minimum absolute atomic E-state index is 0.178. The molecule has 0 unspecified atom stereocenters. The van der Waals surface area contributed by atoms with E-state index in [4.69, 9.17) is 23.2 Å². The molecule has 1 amide bonds. The lowest BCUT2D eigenvalue weighted by molar-refractivity contribution is 0.102. The van der Waals surface area contributed by atoms with Gasteiger partial charge in [0.2, 0.25) is 0 Å². The topological polar surface area (TPSA) is 66.9 Å². The van der Waals surface area contributed by atoms with Gasteiger partial charge >= 0.3 is 0 Å². The van der Waals surface area contributed by atoms with Gasteiger partial charge in [-0.25, -0.2) is 9.97 Å². The van der Waals surface area contributed by atoms with Gasteiger partial charge in [0.15, 0.2) is 0 Å². The number of hydrogen-bond acceptors (Lipinski definition) is 4. The molecule has 0 aliphatic rings. The van der Waals surface area contributed by atoms with Crippen LogP contribution in [0.4, 0.5) is 11.5 Å². The van der Waals surface area contributed by atoms with E-state index in [-0.39, 0.29) is 5.69 Å². The average Bonchev–Trinajstić information content (AvgIpc) is 2.47. The average molecular weight is 311 g/mol. The Labute approximate surface area is 126 Å². The predicted octanol–water partition coefficient (Wildman–Crippen LogP) is 3.39. The van der Waals surface area contributed by atoms with Crippen molar-refractivity contribution < 1.29 is 4.79 Å². The summed E-state index contributed by atoms with van der Waals surface area (Å²) in [5.74, 6) is 0.155. The third-order valence-corrected chi connectivity index (χ3v) is 3.47. The smallest absolute Gasteiger partial charge is 0.275 e. The largest absolute Gasteiger partial charge is 0.372 e. The van der Waals surface area contributed by atoms with Crippen LogP contribution in [0.1, 0.15) is 16.1 Å². The molecule has 0 saturated heterocycles. The number of aromatic nitrogens is 2. The zero-order valence-corrected chi connectivity index (χ0v) is 12.4. The van der Waals surface area contributed by atoms with Gasteiger partial charge in [-0.05, 0) is 18.6 Å². The van der Waals surface area contributed by atoms with Crippen LogP contribution in [0.5, 0.6) is 0 Å². The number of benzene rings is 1. The molecule has 0 aliphatic heterocycles. The molecule has 0 fully saturated rings. The number of carbonyl (C=O) groups excluding carboxylic acids is 1. The lowest BCUT2D eigenvalue weighted by Gasteiger charge is -2.10. The first-order valence-corrected chi connectivity index (χ1v) is 6.54. The molecule has 1 aromatic heterocycles. The third-order valence-electron chi connectivity index (χ3n) is 2.66. The van der Waals surface area contributed by atoms with Gasteiger partial charge < -0.3 is 10.6 Å². The van der Waals surface area contributed by atoms with E-state index < -0.39 is 5.91 Å². The van der Waals surface area contributed by atoms with Gasteiger partial charge in [-0.3, -0.25) is 4.79 Å². The van der Waals surface area contributed by atoms with Crippen LogP contribution in [0, 0.1) is 6.92 Å². The Morgan fingerprint density at radius 3 is 2.55 bits per heavy atom. The van der Waals surface area contributed by atoms with Gasteiger partial charge in [0.25, 0.3) is 5.91 Å². The van der Waals surface area contributed by atoms with Crippen LogP contribution < -0.4 is 10.6 Å². The number of aryl methyl sites for hydroxylation is 1. The highest BCUT2D eigenvalue weighted by atomic mass is 35.5. The predicted molar refractivity (Wildman–Crippen MR) is 80.7 cm³/mol. The van der Waals surface area contributed by atoms with Gasteiger partial charge in [0.1, 0.15) is 11.5 Å². The molecule has 2 N–H and O–H groups in total. The van der Waals surface area contributed by atoms with Crippen LogP contribution in [-0.4, -0.2) is 22.9 Å². The highest BCUT2D eigenvalue weighted by Gasteiger charge is 2.14. The summed E-state index contributed by atoms with van der Waals surface area (Å²) in [4.78, 5) is 20.1. The van der Waals surface area contributed by atoms with E-state index in [1.807, 2.05) is 6.92 Å². The molecule has 2 rings (SSSR count). The van der Waals surface area contributed by atoms with Gasteiger partial charge in [-0.2, -0.15) is 0 Å². The maximum atomic E-state index is 12.1. The Bertz CT molecular complexity index is 644. The summed E-state index contributed by atoms with van der Waals surface area (Å²) >= 11 is 12.2. The number of rotatable bonds is 3. The fourth-order valence-electron chi connectivity index (χ4n) is 1.52. The molecule has 2 aromatic rings. The first-order valence-electron chi connectivity index (χ1n) is 5.78. The summed E-state index contributed by atoms with van der Waals surface area (Å²) in [5, 5.41) is 6.25. The lowest BCUT2D eigenvalue weighted by atomic mass is 10.2. The molecular weight excluding hydrogens is 299 g/mol. The van der Waals surface area contributed by atoms with Crippen molar-refractivity contribution >= 4 is 40.6 Å². The zero-order chi connectivity index (χ0) is 14.7. The summed E-state index contributed by atoms with van der Waals surface area (Å²) in [6.07, 6.45) is 2.84. The Morgan fingerprint density at radius 1 is 1.20 bits per heavy atom. The molecule has 0 aliphatic carbocycles. The standard InChI is InChI=1S/C13H12Cl2N4O/c1-7-3-4-8(14)12(11(7)15)19-13(20)9-5-18-10(16-2)6-17-9/h3-6H,1-2H3,(H,16,18)(H,19,20). The molecule has 0 radical (unpaired) electrons. The Kier molecular flexibility index (Phi) is 4.42. The zero-order valence-electron chi connectivity index (χ0n) is 10.9. The van der Waals surface area contributed by atoms with Crippen LogP contribution in [0.25, 0.3) is 0 Å². The van der Waals surface area contributed by atoms with Crippen molar-refractivity contribution in [3.05, 3.63) is 45.8 Å². The van der Waals surface area contributed by atoms with Crippen LogP contribution in [0.2, 0.25) is 10.0 Å². The van der Waals surface area contributed by atoms with E-state index in [2.05, 4.69) is 20.6 Å². The minimum atomic E-state index is -0.422. The number of anilines is 2. The van der Waals surface area contributed by atoms with Crippen molar-refractivity contribution in [3.8, 4) is 0 Å². The highest BCUT2D eigenvalue weighted by molar-refractivity contribution is 6.40. The molecule has 0 spiro atoms. The summed E-state index contributed by atoms with van der Waals surface area (Å²) < 4.78 is 0. The third kappa shape index (κ3) is 3.00. The van der Waals surface area contributed by atoms with Crippen molar-refractivity contribution in [3.63, 3.8) is 0 Å². The van der Waals surface area contributed by atoms with Crippen molar-refractivity contribution in [1.82, 2.24) is 9.97 Å². The van der Waals surface area contributed by atoms with Crippen LogP contribution in [0.15, 0.2) is 24.5 Å². The second kappa shape index (κ2) is 6.07. The van der Waals surface area contributed by atoms with Crippen molar-refractivity contribution in [1.29, 1.82) is 0 Å². The second-order valence-corrected chi connectivity index (χ2v) is 4.83. The molecule has 0 saturated carbocycles.